The molecule has 0 aliphatic heterocycles. The Bertz CT molecular complexity index is 5300. The lowest BCUT2D eigenvalue weighted by Gasteiger charge is -2.28. The molecule has 2 amide bonds. The summed E-state index contributed by atoms with van der Waals surface area (Å²) in [5.41, 5.74) is -12.8. The van der Waals surface area contributed by atoms with E-state index in [0.717, 1.165) is 72.2 Å². The molecule has 0 saturated heterocycles. The quantitative estimate of drug-likeness (QED) is 0.0295. The number of carbonyl (C=O) groups excluding carboxylic acids is 2. The highest BCUT2D eigenvalue weighted by molar-refractivity contribution is 7.98. The van der Waals surface area contributed by atoms with Gasteiger partial charge in [-0.2, -0.15) is 36.3 Å². The average molecular weight is 1390 g/mol. The summed E-state index contributed by atoms with van der Waals surface area (Å²) in [6, 6.07) is 11.3. The minimum absolute atomic E-state index is 0.000629. The van der Waals surface area contributed by atoms with Crippen LogP contribution < -0.4 is 11.1 Å². The van der Waals surface area contributed by atoms with Crippen LogP contribution in [-0.4, -0.2) is 103 Å². The van der Waals surface area contributed by atoms with Gasteiger partial charge < -0.3 is 28.7 Å². The van der Waals surface area contributed by atoms with Crippen molar-refractivity contribution < 1.29 is 77.6 Å². The van der Waals surface area contributed by atoms with Crippen LogP contribution in [0, 0.1) is 24.5 Å². The minimum atomic E-state index is -5.14. The van der Waals surface area contributed by atoms with Gasteiger partial charge in [-0.05, 0) is 164 Å². The molecule has 10 rings (SSSR count). The van der Waals surface area contributed by atoms with Gasteiger partial charge in [0.25, 0.3) is 11.1 Å². The summed E-state index contributed by atoms with van der Waals surface area (Å²) in [6.07, 6.45) is -14.9. The molecule has 0 spiro atoms. The number of amides is 2. The molecule has 1 unspecified atom stereocenters. The fourth-order valence-electron chi connectivity index (χ4n) is 9.76. The monoisotopic (exact) mass is 1380 g/mol. The van der Waals surface area contributed by atoms with E-state index in [1.165, 1.54) is 66.9 Å². The van der Waals surface area contributed by atoms with Crippen molar-refractivity contribution in [3.63, 3.8) is 0 Å². The molecule has 96 heavy (non-hydrogen) atoms. The van der Waals surface area contributed by atoms with Crippen LogP contribution in [0.1, 0.15) is 135 Å². The minimum Gasteiger partial charge on any atom is -0.336 e. The Morgan fingerprint density at radius 1 is 0.573 bits per heavy atom. The van der Waals surface area contributed by atoms with Gasteiger partial charge in [0.15, 0.2) is 10.3 Å². The summed E-state index contributed by atoms with van der Waals surface area (Å²) in [5, 5.41) is -0.992. The average Bonchev–Trinajstić information content (AvgIpc) is 1.52. The Kier molecular flexibility index (Phi) is 15.9. The summed E-state index contributed by atoms with van der Waals surface area (Å²) in [5.74, 6) is -6.52. The first-order valence-electron chi connectivity index (χ1n) is 42.0. The highest BCUT2D eigenvalue weighted by Crippen LogP contribution is 2.36. The van der Waals surface area contributed by atoms with Gasteiger partial charge in [0.2, 0.25) is 11.8 Å². The van der Waals surface area contributed by atoms with Gasteiger partial charge in [-0.1, -0.05) is 155 Å². The number of benzene rings is 6. The number of alkyl halides is 6. The maximum absolute atomic E-state index is 14.7. The van der Waals surface area contributed by atoms with Crippen molar-refractivity contribution in [1.82, 2.24) is 38.7 Å². The number of carbonyl (C=O) groups is 2. The van der Waals surface area contributed by atoms with Crippen LogP contribution in [0.25, 0.3) is 22.3 Å². The van der Waals surface area contributed by atoms with E-state index in [2.05, 4.69) is 9.97 Å². The lowest BCUT2D eigenvalue weighted by atomic mass is 9.98. The molecule has 0 saturated carbocycles. The Morgan fingerprint density at radius 2 is 1.03 bits per heavy atom. The molecule has 2 aromatic heterocycles. The fourth-order valence-corrected chi connectivity index (χ4v) is 11.3. The van der Waals surface area contributed by atoms with Crippen molar-refractivity contribution >= 4 is 35.3 Å². The first-order chi connectivity index (χ1) is 55.2. The Labute approximate surface area is 597 Å². The molecule has 0 radical (unpaired) electrons. The van der Waals surface area contributed by atoms with Gasteiger partial charge in [0.1, 0.15) is 24.7 Å². The van der Waals surface area contributed by atoms with Crippen LogP contribution in [0.15, 0.2) is 159 Å². The number of halogens is 8. The van der Waals surface area contributed by atoms with Crippen LogP contribution in [0.2, 0.25) is 0 Å². The molecule has 1 atom stereocenters. The van der Waals surface area contributed by atoms with Crippen molar-refractivity contribution in [3.8, 4) is 22.3 Å². The number of nitrogens with zero attached hydrogens (tertiary/aromatic N) is 8. The van der Waals surface area contributed by atoms with Crippen LogP contribution >= 0.6 is 23.5 Å². The number of hydrogen-bond acceptors (Lipinski definition) is 10. The first kappa shape index (κ1) is 46.3. The SMILES string of the molecule is [2H]C([2H])(Sc1nc(=O)c2c(n1CC(=O)N(Cc1ccc(-c3ccc(C(F)(F)F)cc3)cc1)C([2H])([2H])C([2H])([2H])N(CC)CC)C([2H])([2H])C([2H])(C)C2([2H])[2H])c1ccc(F)cc1.[2H]c1c([2H])c(-c2c([2H])c([2H])c(C(F)(F)F)c(C)c2[2H])c([2H])c([2H])c1CN(C(=O)Cn1c(SC([2H])([2H])c2ccc(F)cc2)nc(=O)c2c1CCC2)C([2H])([2H])C([2H])([2H])N(CC)CC. The Morgan fingerprint density at radius 3 is 1.52 bits per heavy atom. The smallest absolute Gasteiger partial charge is 0.336 e. The van der Waals surface area contributed by atoms with Crippen LogP contribution in [0.3, 0.4) is 0 Å². The molecule has 2 heterocycles. The Balaban J connectivity index is 0.000000273. The van der Waals surface area contributed by atoms with Gasteiger partial charge in [-0.25, -0.2) is 8.78 Å². The summed E-state index contributed by atoms with van der Waals surface area (Å²) in [6.45, 7) is -8.41. The van der Waals surface area contributed by atoms with E-state index in [-0.39, 0.29) is 83.9 Å². The van der Waals surface area contributed by atoms with Crippen molar-refractivity contribution in [2.24, 2.45) is 5.89 Å². The molecule has 0 N–H and O–H groups in total. The number of fused-ring (bicyclic) bond motifs is 2. The second-order valence-corrected chi connectivity index (χ2v) is 23.0. The lowest BCUT2D eigenvalue weighted by molar-refractivity contribution is -0.138. The zero-order valence-electron chi connectivity index (χ0n) is 76.6. The maximum Gasteiger partial charge on any atom is 0.416 e. The van der Waals surface area contributed by atoms with E-state index < -0.39 is 221 Å². The number of likely N-dealkylation sites (N-methyl/N-ethyl adjacent to an activating group) is 2. The topological polar surface area (TPSA) is 117 Å². The van der Waals surface area contributed by atoms with Gasteiger partial charge in [0, 0.05) is 90.8 Å². The first-order valence-corrected chi connectivity index (χ1v) is 31.7. The number of thioether (sulfide) groups is 2. The number of aromatic nitrogens is 4. The zero-order valence-corrected chi connectivity index (χ0v) is 54.2. The third-order valence-electron chi connectivity index (χ3n) is 14.9. The van der Waals surface area contributed by atoms with Crippen LogP contribution in [0.5, 0.6) is 0 Å². The predicted molar refractivity (Wildman–Crippen MR) is 362 cm³/mol. The fraction of sp³-hybridized carbons (Fsp3) is 0.378. The number of rotatable bonds is 26. The highest BCUT2D eigenvalue weighted by Gasteiger charge is 2.34. The van der Waals surface area contributed by atoms with Gasteiger partial charge in [0.05, 0.1) is 26.2 Å². The van der Waals surface area contributed by atoms with Gasteiger partial charge >= 0.3 is 12.4 Å². The molecule has 12 nitrogen and oxygen atoms in total. The van der Waals surface area contributed by atoms with Gasteiger partial charge in [-0.15, -0.1) is 0 Å². The molecule has 0 bridgehead atoms. The van der Waals surface area contributed by atoms with E-state index in [4.69, 9.17) is 30.2 Å². The Hall–Kier alpha value is -7.92. The van der Waals surface area contributed by atoms with Crippen molar-refractivity contribution in [3.05, 3.63) is 233 Å². The highest BCUT2D eigenvalue weighted by atomic mass is 32.2. The van der Waals surface area contributed by atoms with Crippen LogP contribution in [0.4, 0.5) is 35.1 Å². The van der Waals surface area contributed by atoms with E-state index in [1.807, 2.05) is 0 Å². The van der Waals surface area contributed by atoms with Crippen LogP contribution in [-0.2, 0) is 85.1 Å². The summed E-state index contributed by atoms with van der Waals surface area (Å²) < 4.78 is 322. The summed E-state index contributed by atoms with van der Waals surface area (Å²) in [4.78, 5) is 67.2. The van der Waals surface area contributed by atoms with E-state index in [1.54, 1.807) is 13.8 Å². The molecule has 22 heteroatoms. The van der Waals surface area contributed by atoms with Gasteiger partial charge in [-0.3, -0.25) is 19.2 Å². The van der Waals surface area contributed by atoms with Crippen molar-refractivity contribution in [1.29, 1.82) is 0 Å². The van der Waals surface area contributed by atoms with E-state index >= 15 is 0 Å². The summed E-state index contributed by atoms with van der Waals surface area (Å²) in [7, 11) is 0. The molecular formula is C74H80F8N8O4S2. The predicted octanol–water partition coefficient (Wildman–Crippen LogP) is 15.0. The molecule has 6 aromatic carbocycles. The van der Waals surface area contributed by atoms with Crippen molar-refractivity contribution in [2.45, 2.75) is 134 Å². The number of hydrogen-bond donors (Lipinski definition) is 0. The maximum atomic E-state index is 14.7. The standard InChI is InChI=1S/2C37H40F4N4O2S/c1-4-43(5-2)18-19-44(22-26-6-10-28(11-7-26)29-12-14-30(15-13-29)37(39,40)41)34(46)23-45-33-21-25(3)20-32(33)35(47)42-36(45)48-24-27-8-16-31(38)17-9-27;1-4-43(5-2)19-20-44(22-26-9-13-28(14-10-26)29-15-18-32(25(3)21-29)37(39,40)41)34(46)23-45-33-8-6-7-31(33)35(47)42-36(45)48-24-27-11-16-30(38)17-12-27/h6-17,25H,4-5,18-24H2,1-3H3;9-18,21H,4-8,19-20,22-24H2,1-3H3/i18D2,19D2,20D2,21D2,24D2,25D;9D,10D,13D,14D,15D,18D,19D2,20D2,21D,24D2. The second kappa shape index (κ2) is 32.9. The third kappa shape index (κ3) is 19.0. The summed E-state index contributed by atoms with van der Waals surface area (Å²) >= 11 is 0.610. The largest absolute Gasteiger partial charge is 0.416 e. The van der Waals surface area contributed by atoms with E-state index in [0.29, 0.717) is 43.7 Å². The molecule has 0 fully saturated rings. The molecule has 2 aliphatic rings. The molecule has 2 aliphatic carbocycles. The zero-order chi connectivity index (χ0) is 90.2. The lowest BCUT2D eigenvalue weighted by Crippen LogP contribution is -2.40. The normalized spacial score (nSPS) is 20.0. The van der Waals surface area contributed by atoms with E-state index in [9.17, 15) is 57.0 Å². The second-order valence-electron chi connectivity index (χ2n) is 21.5. The third-order valence-corrected chi connectivity index (χ3v) is 16.6. The molecule has 508 valence electrons. The molecular weight excluding hydrogens is 1280 g/mol. The van der Waals surface area contributed by atoms with Crippen molar-refractivity contribution in [2.75, 3.05) is 52.2 Å². The molecule has 8 aromatic rings.